The van der Waals surface area contributed by atoms with Crippen molar-refractivity contribution in [2.24, 2.45) is 5.92 Å². The number of carbonyl (C=O) groups excluding carboxylic acids is 1. The molecule has 3 aliphatic heterocycles. The van der Waals surface area contributed by atoms with E-state index in [9.17, 15) is 13.2 Å². The van der Waals surface area contributed by atoms with E-state index in [1.165, 1.54) is 0 Å². The van der Waals surface area contributed by atoms with Crippen LogP contribution >= 0.6 is 0 Å². The van der Waals surface area contributed by atoms with Gasteiger partial charge in [-0.3, -0.25) is 4.79 Å². The van der Waals surface area contributed by atoms with Gasteiger partial charge in [0.1, 0.15) is 22.7 Å². The summed E-state index contributed by atoms with van der Waals surface area (Å²) in [5.74, 6) is 1.42. The SMILES string of the molecule is O=C(CNc1ccccc1S(=O)(=O)N1CCCCC1)N1CCC2CCN(c3ncnc4[nH]ccc34)C2C1. The lowest BCUT2D eigenvalue weighted by molar-refractivity contribution is -0.130. The van der Waals surface area contributed by atoms with Crippen LogP contribution in [0.25, 0.3) is 11.0 Å². The van der Waals surface area contributed by atoms with Crippen molar-refractivity contribution in [2.75, 3.05) is 49.5 Å². The average Bonchev–Trinajstić information content (AvgIpc) is 3.59. The minimum Gasteiger partial charge on any atom is -0.375 e. The second kappa shape index (κ2) is 9.94. The van der Waals surface area contributed by atoms with Crippen molar-refractivity contribution < 1.29 is 13.2 Å². The quantitative estimate of drug-likeness (QED) is 0.511. The summed E-state index contributed by atoms with van der Waals surface area (Å²) in [6.07, 6.45) is 8.33. The van der Waals surface area contributed by atoms with Crippen molar-refractivity contribution in [3.63, 3.8) is 0 Å². The molecule has 0 saturated carbocycles. The van der Waals surface area contributed by atoms with Crippen LogP contribution in [0.5, 0.6) is 0 Å². The summed E-state index contributed by atoms with van der Waals surface area (Å²) in [6.45, 7) is 3.41. The number of aromatic amines is 1. The minimum absolute atomic E-state index is 0.0232. The fourth-order valence-corrected chi connectivity index (χ4v) is 7.77. The topological polar surface area (TPSA) is 115 Å². The Kier molecular flexibility index (Phi) is 6.49. The molecule has 1 amide bonds. The number of hydrogen-bond acceptors (Lipinski definition) is 7. The van der Waals surface area contributed by atoms with Crippen molar-refractivity contribution in [1.82, 2.24) is 24.2 Å². The molecule has 11 heteroatoms. The summed E-state index contributed by atoms with van der Waals surface area (Å²) in [6, 6.07) is 9.11. The molecule has 0 spiro atoms. The number of nitrogens with zero attached hydrogens (tertiary/aromatic N) is 5. The molecule has 10 nitrogen and oxygen atoms in total. The molecule has 37 heavy (non-hydrogen) atoms. The summed E-state index contributed by atoms with van der Waals surface area (Å²) < 4.78 is 28.2. The number of aromatic nitrogens is 3. The number of sulfonamides is 1. The Balaban J connectivity index is 1.15. The molecular weight excluding hydrogens is 490 g/mol. The molecule has 2 unspecified atom stereocenters. The van der Waals surface area contributed by atoms with E-state index in [4.69, 9.17) is 0 Å². The first-order valence-corrected chi connectivity index (χ1v) is 14.6. The first-order valence-electron chi connectivity index (χ1n) is 13.2. The molecule has 2 aromatic heterocycles. The molecule has 5 heterocycles. The van der Waals surface area contributed by atoms with Crippen LogP contribution in [0.4, 0.5) is 11.5 Å². The van der Waals surface area contributed by atoms with Crippen molar-refractivity contribution in [3.8, 4) is 0 Å². The molecule has 3 aliphatic rings. The number of fused-ring (bicyclic) bond motifs is 2. The Bertz CT molecular complexity index is 1390. The molecule has 3 fully saturated rings. The third-order valence-electron chi connectivity index (χ3n) is 8.07. The number of rotatable bonds is 6. The first-order chi connectivity index (χ1) is 18.0. The molecule has 2 N–H and O–H groups in total. The summed E-state index contributed by atoms with van der Waals surface area (Å²) in [5, 5.41) is 4.14. The number of H-pyrrole nitrogens is 1. The monoisotopic (exact) mass is 523 g/mol. The normalized spacial score (nSPS) is 22.8. The first kappa shape index (κ1) is 24.2. The number of hydrogen-bond donors (Lipinski definition) is 2. The Morgan fingerprint density at radius 3 is 2.70 bits per heavy atom. The van der Waals surface area contributed by atoms with E-state index in [1.54, 1.807) is 34.9 Å². The predicted octanol–water partition coefficient (Wildman–Crippen LogP) is 2.67. The van der Waals surface area contributed by atoms with Gasteiger partial charge in [0.05, 0.1) is 23.7 Å². The fraction of sp³-hybridized carbons (Fsp3) is 0.500. The highest BCUT2D eigenvalue weighted by molar-refractivity contribution is 7.89. The predicted molar refractivity (Wildman–Crippen MR) is 142 cm³/mol. The van der Waals surface area contributed by atoms with Gasteiger partial charge in [0.2, 0.25) is 15.9 Å². The smallest absolute Gasteiger partial charge is 0.245 e. The lowest BCUT2D eigenvalue weighted by Crippen LogP contribution is -2.51. The Morgan fingerprint density at radius 1 is 1.03 bits per heavy atom. The van der Waals surface area contributed by atoms with E-state index in [1.807, 2.05) is 17.2 Å². The number of anilines is 2. The van der Waals surface area contributed by atoms with Crippen LogP contribution in [0.1, 0.15) is 32.1 Å². The molecule has 3 saturated heterocycles. The number of nitrogens with one attached hydrogen (secondary N) is 2. The zero-order valence-electron chi connectivity index (χ0n) is 20.8. The van der Waals surface area contributed by atoms with Crippen molar-refractivity contribution >= 4 is 38.5 Å². The molecule has 196 valence electrons. The van der Waals surface area contributed by atoms with Crippen LogP contribution in [0, 0.1) is 5.92 Å². The van der Waals surface area contributed by atoms with Crippen LogP contribution in [-0.2, 0) is 14.8 Å². The summed E-state index contributed by atoms with van der Waals surface area (Å²) in [4.78, 5) is 29.8. The summed E-state index contributed by atoms with van der Waals surface area (Å²) in [5.41, 5.74) is 1.30. The third-order valence-corrected chi connectivity index (χ3v) is 10.0. The highest BCUT2D eigenvalue weighted by Crippen LogP contribution is 2.36. The number of piperidine rings is 2. The number of amides is 1. The van der Waals surface area contributed by atoms with Gasteiger partial charge in [0, 0.05) is 38.9 Å². The highest BCUT2D eigenvalue weighted by atomic mass is 32.2. The van der Waals surface area contributed by atoms with Crippen LogP contribution in [0.2, 0.25) is 0 Å². The van der Waals surface area contributed by atoms with Gasteiger partial charge in [-0.05, 0) is 49.8 Å². The van der Waals surface area contributed by atoms with Gasteiger partial charge >= 0.3 is 0 Å². The van der Waals surface area contributed by atoms with Crippen molar-refractivity contribution in [2.45, 2.75) is 43.0 Å². The number of para-hydroxylation sites is 1. The largest absolute Gasteiger partial charge is 0.375 e. The lowest BCUT2D eigenvalue weighted by atomic mass is 9.92. The lowest BCUT2D eigenvalue weighted by Gasteiger charge is -2.39. The molecule has 0 radical (unpaired) electrons. The number of likely N-dealkylation sites (tertiary alicyclic amines) is 1. The zero-order valence-corrected chi connectivity index (χ0v) is 21.7. The van der Waals surface area contributed by atoms with E-state index >= 15 is 0 Å². The molecule has 2 atom stereocenters. The van der Waals surface area contributed by atoms with E-state index in [0.717, 1.165) is 55.5 Å². The zero-order chi connectivity index (χ0) is 25.4. The maximum atomic E-state index is 13.3. The van der Waals surface area contributed by atoms with Crippen molar-refractivity contribution in [1.29, 1.82) is 0 Å². The van der Waals surface area contributed by atoms with E-state index < -0.39 is 10.0 Å². The Morgan fingerprint density at radius 2 is 1.84 bits per heavy atom. The maximum absolute atomic E-state index is 13.3. The fourth-order valence-electron chi connectivity index (χ4n) is 6.08. The van der Waals surface area contributed by atoms with E-state index in [2.05, 4.69) is 25.2 Å². The average molecular weight is 524 g/mol. The Hall–Kier alpha value is -3.18. The van der Waals surface area contributed by atoms with Gasteiger partial charge in [0.25, 0.3) is 0 Å². The molecule has 3 aromatic rings. The Labute approximate surface area is 217 Å². The molecular formula is C26H33N7O3S. The maximum Gasteiger partial charge on any atom is 0.245 e. The highest BCUT2D eigenvalue weighted by Gasteiger charge is 2.40. The van der Waals surface area contributed by atoms with Gasteiger partial charge in [-0.2, -0.15) is 4.31 Å². The minimum atomic E-state index is -3.60. The third kappa shape index (κ3) is 4.54. The van der Waals surface area contributed by atoms with Crippen LogP contribution in [-0.4, -0.2) is 83.8 Å². The van der Waals surface area contributed by atoms with E-state index in [0.29, 0.717) is 37.8 Å². The molecule has 0 aliphatic carbocycles. The van der Waals surface area contributed by atoms with Crippen LogP contribution < -0.4 is 10.2 Å². The van der Waals surface area contributed by atoms with Crippen LogP contribution in [0.3, 0.4) is 0 Å². The molecule has 0 bridgehead atoms. The van der Waals surface area contributed by atoms with Gasteiger partial charge in [0.15, 0.2) is 0 Å². The second-order valence-electron chi connectivity index (χ2n) is 10.2. The van der Waals surface area contributed by atoms with E-state index in [-0.39, 0.29) is 23.4 Å². The van der Waals surface area contributed by atoms with Crippen molar-refractivity contribution in [3.05, 3.63) is 42.9 Å². The number of benzene rings is 1. The number of carbonyl (C=O) groups is 1. The summed E-state index contributed by atoms with van der Waals surface area (Å²) >= 11 is 0. The molecule has 1 aromatic carbocycles. The van der Waals surface area contributed by atoms with Gasteiger partial charge in [-0.15, -0.1) is 0 Å². The molecule has 6 rings (SSSR count). The van der Waals surface area contributed by atoms with Crippen LogP contribution in [0.15, 0.2) is 47.8 Å². The second-order valence-corrected chi connectivity index (χ2v) is 12.1. The van der Waals surface area contributed by atoms with Gasteiger partial charge in [-0.1, -0.05) is 18.6 Å². The van der Waals surface area contributed by atoms with Gasteiger partial charge in [-0.25, -0.2) is 18.4 Å². The summed E-state index contributed by atoms with van der Waals surface area (Å²) in [7, 11) is -3.60. The standard InChI is InChI=1S/C26H33N7O3S/c34-24(16-28-21-6-2-3-7-23(21)37(35,36)32-12-4-1-5-13-32)31-14-9-19-10-15-33(22(19)17-31)26-20-8-11-27-25(20)29-18-30-26/h2-3,6-8,11,18-19,22,28H,1,4-5,9-10,12-17H2,(H,27,29,30). The van der Waals surface area contributed by atoms with Gasteiger partial charge < -0.3 is 20.1 Å².